The third-order valence-corrected chi connectivity index (χ3v) is 4.39. The van der Waals surface area contributed by atoms with Gasteiger partial charge in [-0.05, 0) is 47.7 Å². The number of benzene rings is 2. The van der Waals surface area contributed by atoms with Gasteiger partial charge in [-0.2, -0.15) is 0 Å². The smallest absolute Gasteiger partial charge is 0.0354 e. The second-order valence-corrected chi connectivity index (χ2v) is 5.89. The molecule has 0 amide bonds. The maximum Gasteiger partial charge on any atom is 0.0354 e. The fraction of sp³-hybridized carbons (Fsp3) is 0.444. The lowest BCUT2D eigenvalue weighted by Gasteiger charge is -2.29. The van der Waals surface area contributed by atoms with Gasteiger partial charge in [-0.15, -0.1) is 0 Å². The first-order valence-electron chi connectivity index (χ1n) is 7.21. The summed E-state index contributed by atoms with van der Waals surface area (Å²) in [4.78, 5) is 0. The maximum atomic E-state index is 3.53. The molecule has 1 nitrogen and oxygen atoms in total. The van der Waals surface area contributed by atoms with Crippen molar-refractivity contribution in [2.75, 3.05) is 7.05 Å². The quantitative estimate of drug-likeness (QED) is 0.835. The van der Waals surface area contributed by atoms with Gasteiger partial charge in [0.1, 0.15) is 0 Å². The fourth-order valence-corrected chi connectivity index (χ4v) is 2.87. The highest BCUT2D eigenvalue weighted by Gasteiger charge is 2.23. The van der Waals surface area contributed by atoms with E-state index >= 15 is 0 Å². The first-order chi connectivity index (χ1) is 9.06. The average Bonchev–Trinajstić information content (AvgIpc) is 2.41. The van der Waals surface area contributed by atoms with Crippen LogP contribution in [-0.4, -0.2) is 7.05 Å². The van der Waals surface area contributed by atoms with E-state index < -0.39 is 0 Å². The van der Waals surface area contributed by atoms with Gasteiger partial charge in [0.15, 0.2) is 0 Å². The predicted octanol–water partition coefficient (Wildman–Crippen LogP) is 4.70. The standard InChI is InChI=1S/C18H25N/c1-12(2)14(4)18(19-5)17-13(3)10-11-15-8-6-7-9-16(15)17/h6-12,14,18-19H,1-5H3. The topological polar surface area (TPSA) is 12.0 Å². The summed E-state index contributed by atoms with van der Waals surface area (Å²) in [5, 5.41) is 6.25. The van der Waals surface area contributed by atoms with Gasteiger partial charge < -0.3 is 5.32 Å². The van der Waals surface area contributed by atoms with Crippen LogP contribution in [0.2, 0.25) is 0 Å². The van der Waals surface area contributed by atoms with Crippen molar-refractivity contribution in [3.63, 3.8) is 0 Å². The van der Waals surface area contributed by atoms with Crippen LogP contribution >= 0.6 is 0 Å². The van der Waals surface area contributed by atoms with E-state index in [-0.39, 0.29) is 0 Å². The van der Waals surface area contributed by atoms with Crippen molar-refractivity contribution in [1.29, 1.82) is 0 Å². The molecule has 0 aliphatic rings. The molecule has 0 fully saturated rings. The largest absolute Gasteiger partial charge is 0.313 e. The Morgan fingerprint density at radius 1 is 0.947 bits per heavy atom. The summed E-state index contributed by atoms with van der Waals surface area (Å²) in [5.41, 5.74) is 2.84. The monoisotopic (exact) mass is 255 g/mol. The summed E-state index contributed by atoms with van der Waals surface area (Å²) in [6.45, 7) is 9.16. The van der Waals surface area contributed by atoms with Crippen LogP contribution < -0.4 is 5.32 Å². The predicted molar refractivity (Wildman–Crippen MR) is 84.5 cm³/mol. The van der Waals surface area contributed by atoms with Gasteiger partial charge in [-0.25, -0.2) is 0 Å². The molecule has 0 aliphatic heterocycles. The Hall–Kier alpha value is -1.34. The minimum atomic E-state index is 0.408. The zero-order chi connectivity index (χ0) is 14.0. The van der Waals surface area contributed by atoms with Gasteiger partial charge in [-0.1, -0.05) is 57.2 Å². The van der Waals surface area contributed by atoms with E-state index in [1.54, 1.807) is 0 Å². The summed E-state index contributed by atoms with van der Waals surface area (Å²) in [6, 6.07) is 13.6. The van der Waals surface area contributed by atoms with Crippen molar-refractivity contribution >= 4 is 10.8 Å². The molecule has 1 N–H and O–H groups in total. The summed E-state index contributed by atoms with van der Waals surface area (Å²) in [5.74, 6) is 1.27. The molecular weight excluding hydrogens is 230 g/mol. The van der Waals surface area contributed by atoms with Crippen molar-refractivity contribution < 1.29 is 0 Å². The van der Waals surface area contributed by atoms with Gasteiger partial charge >= 0.3 is 0 Å². The van der Waals surface area contributed by atoms with Gasteiger partial charge in [0.05, 0.1) is 0 Å². The fourth-order valence-electron chi connectivity index (χ4n) is 2.87. The lowest BCUT2D eigenvalue weighted by molar-refractivity contribution is 0.318. The van der Waals surface area contributed by atoms with Crippen LogP contribution in [0.25, 0.3) is 10.8 Å². The normalized spacial score (nSPS) is 14.8. The molecule has 0 aliphatic carbocycles. The Morgan fingerprint density at radius 3 is 2.26 bits per heavy atom. The average molecular weight is 255 g/mol. The zero-order valence-corrected chi connectivity index (χ0v) is 12.7. The molecule has 0 saturated carbocycles. The van der Waals surface area contributed by atoms with Gasteiger partial charge in [0, 0.05) is 6.04 Å². The first kappa shape index (κ1) is 14.1. The lowest BCUT2D eigenvalue weighted by Crippen LogP contribution is -2.27. The van der Waals surface area contributed by atoms with Gasteiger partial charge in [0.2, 0.25) is 0 Å². The molecule has 2 aromatic carbocycles. The highest BCUT2D eigenvalue weighted by Crippen LogP contribution is 2.34. The van der Waals surface area contributed by atoms with E-state index in [0.717, 1.165) is 0 Å². The first-order valence-corrected chi connectivity index (χ1v) is 7.21. The zero-order valence-electron chi connectivity index (χ0n) is 12.7. The number of aryl methyl sites for hydroxylation is 1. The molecule has 2 rings (SSSR count). The molecule has 0 spiro atoms. The van der Waals surface area contributed by atoms with E-state index in [4.69, 9.17) is 0 Å². The van der Waals surface area contributed by atoms with Crippen molar-refractivity contribution in [3.8, 4) is 0 Å². The minimum Gasteiger partial charge on any atom is -0.313 e. The molecule has 2 unspecified atom stereocenters. The lowest BCUT2D eigenvalue weighted by atomic mass is 9.82. The summed E-state index contributed by atoms with van der Waals surface area (Å²) < 4.78 is 0. The summed E-state index contributed by atoms with van der Waals surface area (Å²) >= 11 is 0. The Bertz CT molecular complexity index is 557. The van der Waals surface area contributed by atoms with Crippen LogP contribution in [0.1, 0.15) is 37.9 Å². The SMILES string of the molecule is CNC(c1c(C)ccc2ccccc12)C(C)C(C)C. The van der Waals surface area contributed by atoms with Crippen LogP contribution in [0.15, 0.2) is 36.4 Å². The Morgan fingerprint density at radius 2 is 1.63 bits per heavy atom. The Balaban J connectivity index is 2.62. The molecule has 19 heavy (non-hydrogen) atoms. The van der Waals surface area contributed by atoms with Crippen LogP contribution in [-0.2, 0) is 0 Å². The van der Waals surface area contributed by atoms with Gasteiger partial charge in [0.25, 0.3) is 0 Å². The summed E-state index contributed by atoms with van der Waals surface area (Å²) in [6.07, 6.45) is 0. The molecule has 0 heterocycles. The molecule has 0 radical (unpaired) electrons. The molecule has 2 atom stereocenters. The van der Waals surface area contributed by atoms with Crippen molar-refractivity contribution in [3.05, 3.63) is 47.5 Å². The molecule has 0 saturated heterocycles. The third kappa shape index (κ3) is 2.66. The molecule has 2 aromatic rings. The molecule has 0 aromatic heterocycles. The molecular formula is C18H25N. The van der Waals surface area contributed by atoms with E-state index in [9.17, 15) is 0 Å². The second kappa shape index (κ2) is 5.75. The van der Waals surface area contributed by atoms with E-state index in [2.05, 4.69) is 76.5 Å². The summed E-state index contributed by atoms with van der Waals surface area (Å²) in [7, 11) is 2.07. The highest BCUT2D eigenvalue weighted by atomic mass is 14.9. The number of hydrogen-bond acceptors (Lipinski definition) is 1. The Kier molecular flexibility index (Phi) is 4.26. The van der Waals surface area contributed by atoms with Crippen molar-refractivity contribution in [2.24, 2.45) is 11.8 Å². The second-order valence-electron chi connectivity index (χ2n) is 5.89. The van der Waals surface area contributed by atoms with Crippen molar-refractivity contribution in [1.82, 2.24) is 5.32 Å². The van der Waals surface area contributed by atoms with E-state index in [1.165, 1.54) is 21.9 Å². The number of rotatable bonds is 4. The van der Waals surface area contributed by atoms with Crippen molar-refractivity contribution in [2.45, 2.75) is 33.7 Å². The third-order valence-electron chi connectivity index (χ3n) is 4.39. The van der Waals surface area contributed by atoms with Crippen LogP contribution in [0.5, 0.6) is 0 Å². The Labute approximate surface area is 117 Å². The number of nitrogens with one attached hydrogen (secondary N) is 1. The maximum absolute atomic E-state index is 3.53. The molecule has 0 bridgehead atoms. The van der Waals surface area contributed by atoms with E-state index in [0.29, 0.717) is 17.9 Å². The molecule has 1 heteroatoms. The molecule has 102 valence electrons. The number of hydrogen-bond donors (Lipinski definition) is 1. The minimum absolute atomic E-state index is 0.408. The highest BCUT2D eigenvalue weighted by molar-refractivity contribution is 5.87. The van der Waals surface area contributed by atoms with Crippen LogP contribution in [0, 0.1) is 18.8 Å². The van der Waals surface area contributed by atoms with E-state index in [1.807, 2.05) is 0 Å². The number of fused-ring (bicyclic) bond motifs is 1. The van der Waals surface area contributed by atoms with Crippen LogP contribution in [0.4, 0.5) is 0 Å². The van der Waals surface area contributed by atoms with Crippen LogP contribution in [0.3, 0.4) is 0 Å². The van der Waals surface area contributed by atoms with Gasteiger partial charge in [-0.3, -0.25) is 0 Å².